The van der Waals surface area contributed by atoms with Gasteiger partial charge in [0.2, 0.25) is 17.7 Å². The molecule has 1 aliphatic heterocycles. The molecule has 3 atom stereocenters. The zero-order chi connectivity index (χ0) is 25.0. The van der Waals surface area contributed by atoms with Crippen LogP contribution in [0.15, 0.2) is 29.8 Å². The van der Waals surface area contributed by atoms with Crippen LogP contribution in [0, 0.1) is 12.3 Å². The fraction of sp³-hybridized carbons (Fsp3) is 0.500. The van der Waals surface area contributed by atoms with Gasteiger partial charge in [-0.2, -0.15) is 0 Å². The van der Waals surface area contributed by atoms with Crippen LogP contribution in [-0.4, -0.2) is 64.0 Å². The highest BCUT2D eigenvalue weighted by molar-refractivity contribution is 7.13. The number of β-amino-alcohol motifs (C(OH)–C–C–N with tert-alkyl or cyclic N) is 1. The standard InChI is InChI=1S/C24H33N5O4S/c1-14-20(34-13-27-14)16-7-5-15(6-8-16)11-26-22(32)18-9-17(30)12-29(18)23(33)21(24(2,3)4)28-19(31)10-25/h5-8,13,17-18,21,30H,9-12,25H2,1-4H3,(H,26,32)(H,28,31)/t17-,18+,21-/m1/s1. The Morgan fingerprint density at radius 2 is 1.94 bits per heavy atom. The first-order valence-electron chi connectivity index (χ1n) is 11.3. The summed E-state index contributed by atoms with van der Waals surface area (Å²) >= 11 is 1.58. The molecule has 1 saturated heterocycles. The minimum Gasteiger partial charge on any atom is -0.391 e. The Bertz CT molecular complexity index is 1030. The summed E-state index contributed by atoms with van der Waals surface area (Å²) in [7, 11) is 0. The molecule has 0 spiro atoms. The Labute approximate surface area is 203 Å². The van der Waals surface area contributed by atoms with Gasteiger partial charge in [-0.05, 0) is 23.5 Å². The van der Waals surface area contributed by atoms with Gasteiger partial charge in [0.05, 0.1) is 28.7 Å². The van der Waals surface area contributed by atoms with Crippen LogP contribution in [0.5, 0.6) is 0 Å². The highest BCUT2D eigenvalue weighted by atomic mass is 32.1. The van der Waals surface area contributed by atoms with Gasteiger partial charge in [-0.25, -0.2) is 4.98 Å². The first kappa shape index (κ1) is 25.8. The molecule has 2 aromatic rings. The van der Waals surface area contributed by atoms with Gasteiger partial charge in [0.15, 0.2) is 0 Å². The van der Waals surface area contributed by atoms with E-state index in [4.69, 9.17) is 5.73 Å². The van der Waals surface area contributed by atoms with E-state index in [9.17, 15) is 19.5 Å². The third-order valence-corrected chi connectivity index (χ3v) is 6.87. The number of nitrogens with one attached hydrogen (secondary N) is 2. The van der Waals surface area contributed by atoms with Crippen molar-refractivity contribution in [1.82, 2.24) is 20.5 Å². The number of rotatable bonds is 7. The summed E-state index contributed by atoms with van der Waals surface area (Å²) in [6.07, 6.45) is -0.671. The van der Waals surface area contributed by atoms with Crippen molar-refractivity contribution in [2.45, 2.75) is 58.8 Å². The van der Waals surface area contributed by atoms with Crippen molar-refractivity contribution in [2.75, 3.05) is 13.1 Å². The predicted molar refractivity (Wildman–Crippen MR) is 131 cm³/mol. The average Bonchev–Trinajstić information content (AvgIpc) is 3.40. The number of aromatic nitrogens is 1. The normalized spacial score (nSPS) is 19.1. The summed E-state index contributed by atoms with van der Waals surface area (Å²) < 4.78 is 0. The molecule has 0 bridgehead atoms. The third-order valence-electron chi connectivity index (χ3n) is 5.90. The number of aliphatic hydroxyl groups is 1. The van der Waals surface area contributed by atoms with Crippen LogP contribution >= 0.6 is 11.3 Å². The smallest absolute Gasteiger partial charge is 0.246 e. The number of nitrogens with two attached hydrogens (primary N) is 1. The van der Waals surface area contributed by atoms with Crippen LogP contribution < -0.4 is 16.4 Å². The van der Waals surface area contributed by atoms with E-state index >= 15 is 0 Å². The molecule has 10 heteroatoms. The van der Waals surface area contributed by atoms with Crippen LogP contribution in [0.4, 0.5) is 0 Å². The number of aliphatic hydroxyl groups excluding tert-OH is 1. The van der Waals surface area contributed by atoms with Crippen LogP contribution in [0.25, 0.3) is 10.4 Å². The van der Waals surface area contributed by atoms with Crippen LogP contribution in [0.1, 0.15) is 38.4 Å². The maximum Gasteiger partial charge on any atom is 0.246 e. The van der Waals surface area contributed by atoms with Gasteiger partial charge < -0.3 is 26.4 Å². The average molecular weight is 488 g/mol. The van der Waals surface area contributed by atoms with Gasteiger partial charge in [0.25, 0.3) is 0 Å². The molecule has 0 radical (unpaired) electrons. The number of hydrogen-bond acceptors (Lipinski definition) is 7. The van der Waals surface area contributed by atoms with Gasteiger partial charge in [-0.15, -0.1) is 11.3 Å². The quantitative estimate of drug-likeness (QED) is 0.463. The molecule has 9 nitrogen and oxygen atoms in total. The van der Waals surface area contributed by atoms with Crippen LogP contribution in [0.2, 0.25) is 0 Å². The Morgan fingerprint density at radius 3 is 2.50 bits per heavy atom. The molecular weight excluding hydrogens is 454 g/mol. The van der Waals surface area contributed by atoms with Gasteiger partial charge in [-0.3, -0.25) is 14.4 Å². The molecular formula is C24H33N5O4S. The lowest BCUT2D eigenvalue weighted by molar-refractivity contribution is -0.143. The summed E-state index contributed by atoms with van der Waals surface area (Å²) in [6, 6.07) is 6.18. The van der Waals surface area contributed by atoms with Gasteiger partial charge in [0, 0.05) is 19.5 Å². The molecule has 1 aliphatic rings. The van der Waals surface area contributed by atoms with E-state index in [1.807, 2.05) is 57.5 Å². The van der Waals surface area contributed by atoms with E-state index in [1.54, 1.807) is 11.3 Å². The minimum absolute atomic E-state index is 0.0326. The number of thiazole rings is 1. The fourth-order valence-electron chi connectivity index (χ4n) is 4.00. The Morgan fingerprint density at radius 1 is 1.26 bits per heavy atom. The monoisotopic (exact) mass is 487 g/mol. The first-order valence-corrected chi connectivity index (χ1v) is 12.1. The number of nitrogens with zero attached hydrogens (tertiary/aromatic N) is 2. The van der Waals surface area contributed by atoms with Crippen molar-refractivity contribution in [1.29, 1.82) is 0 Å². The fourth-order valence-corrected chi connectivity index (χ4v) is 4.81. The van der Waals surface area contributed by atoms with E-state index < -0.39 is 35.4 Å². The summed E-state index contributed by atoms with van der Waals surface area (Å²) in [4.78, 5) is 45.0. The van der Waals surface area contributed by atoms with Crippen molar-refractivity contribution in [3.8, 4) is 10.4 Å². The number of amides is 3. The molecule has 3 rings (SSSR count). The van der Waals surface area contributed by atoms with E-state index in [1.165, 1.54) is 4.90 Å². The largest absolute Gasteiger partial charge is 0.391 e. The highest BCUT2D eigenvalue weighted by Gasteiger charge is 2.44. The third kappa shape index (κ3) is 5.99. The number of benzene rings is 1. The molecule has 0 saturated carbocycles. The second-order valence-electron chi connectivity index (χ2n) is 9.65. The zero-order valence-electron chi connectivity index (χ0n) is 20.0. The summed E-state index contributed by atoms with van der Waals surface area (Å²) in [5, 5.41) is 15.8. The lowest BCUT2D eigenvalue weighted by atomic mass is 9.85. The van der Waals surface area contributed by atoms with E-state index in [0.29, 0.717) is 6.54 Å². The van der Waals surface area contributed by atoms with E-state index in [0.717, 1.165) is 21.7 Å². The molecule has 2 heterocycles. The van der Waals surface area contributed by atoms with Crippen molar-refractivity contribution in [3.05, 3.63) is 41.0 Å². The van der Waals surface area contributed by atoms with Crippen LogP contribution in [-0.2, 0) is 20.9 Å². The number of hydrogen-bond donors (Lipinski definition) is 4. The molecule has 184 valence electrons. The first-order chi connectivity index (χ1) is 16.0. The Hall–Kier alpha value is -2.82. The van der Waals surface area contributed by atoms with Gasteiger partial charge in [-0.1, -0.05) is 45.0 Å². The minimum atomic E-state index is -0.869. The summed E-state index contributed by atoms with van der Waals surface area (Å²) in [6.45, 7) is 7.53. The number of likely N-dealkylation sites (tertiary alicyclic amines) is 1. The number of carbonyl (C=O) groups excluding carboxylic acids is 3. The number of carbonyl (C=O) groups is 3. The lowest BCUT2D eigenvalue weighted by Crippen LogP contribution is -2.58. The van der Waals surface area contributed by atoms with Gasteiger partial charge >= 0.3 is 0 Å². The lowest BCUT2D eigenvalue weighted by Gasteiger charge is -2.35. The Balaban J connectivity index is 1.67. The molecule has 34 heavy (non-hydrogen) atoms. The SMILES string of the molecule is Cc1ncsc1-c1ccc(CNC(=O)[C@@H]2C[C@@H](O)CN2C(=O)[C@@H](NC(=O)CN)C(C)(C)C)cc1. The second-order valence-corrected chi connectivity index (χ2v) is 10.5. The van der Waals surface area contributed by atoms with Crippen molar-refractivity contribution in [2.24, 2.45) is 11.1 Å². The molecule has 0 aliphatic carbocycles. The molecule has 0 unspecified atom stereocenters. The number of aryl methyl sites for hydroxylation is 1. The van der Waals surface area contributed by atoms with Crippen LogP contribution in [0.3, 0.4) is 0 Å². The maximum atomic E-state index is 13.3. The maximum absolute atomic E-state index is 13.3. The highest BCUT2D eigenvalue weighted by Crippen LogP contribution is 2.28. The van der Waals surface area contributed by atoms with E-state index in [2.05, 4.69) is 15.6 Å². The zero-order valence-corrected chi connectivity index (χ0v) is 20.8. The van der Waals surface area contributed by atoms with Crippen molar-refractivity contribution in [3.63, 3.8) is 0 Å². The molecule has 1 aromatic carbocycles. The topological polar surface area (TPSA) is 138 Å². The molecule has 1 fully saturated rings. The van der Waals surface area contributed by atoms with Gasteiger partial charge in [0.1, 0.15) is 12.1 Å². The molecule has 1 aromatic heterocycles. The molecule has 3 amide bonds. The second kappa shape index (κ2) is 10.6. The van der Waals surface area contributed by atoms with Crippen molar-refractivity contribution < 1.29 is 19.5 Å². The predicted octanol–water partition coefficient (Wildman–Crippen LogP) is 1.19. The summed E-state index contributed by atoms with van der Waals surface area (Å²) in [5.74, 6) is -1.20. The van der Waals surface area contributed by atoms with E-state index in [-0.39, 0.29) is 25.4 Å². The Kier molecular flexibility index (Phi) is 8.06. The molecule has 5 N–H and O–H groups in total. The van der Waals surface area contributed by atoms with Crippen molar-refractivity contribution >= 4 is 29.1 Å². The summed E-state index contributed by atoms with van der Waals surface area (Å²) in [5.41, 5.74) is 9.58.